The van der Waals surface area contributed by atoms with Crippen LogP contribution < -0.4 is 5.32 Å². The average Bonchev–Trinajstić information content (AvgIpc) is 3.06. The third-order valence-corrected chi connectivity index (χ3v) is 4.06. The van der Waals surface area contributed by atoms with Crippen molar-refractivity contribution in [2.75, 3.05) is 18.2 Å². The summed E-state index contributed by atoms with van der Waals surface area (Å²) in [6.45, 7) is 2.11. The predicted octanol–water partition coefficient (Wildman–Crippen LogP) is 2.66. The van der Waals surface area contributed by atoms with Gasteiger partial charge in [0.1, 0.15) is 5.82 Å². The molecule has 0 aliphatic rings. The fourth-order valence-electron chi connectivity index (χ4n) is 1.99. The van der Waals surface area contributed by atoms with Gasteiger partial charge in [0.2, 0.25) is 11.1 Å². The summed E-state index contributed by atoms with van der Waals surface area (Å²) >= 11 is 1.24. The van der Waals surface area contributed by atoms with Crippen molar-refractivity contribution in [3.8, 4) is 0 Å². The number of nitrogens with one attached hydrogen (secondary N) is 2. The van der Waals surface area contributed by atoms with Crippen molar-refractivity contribution in [3.05, 3.63) is 35.7 Å². The van der Waals surface area contributed by atoms with Crippen molar-refractivity contribution in [3.63, 3.8) is 0 Å². The number of benzene rings is 1. The summed E-state index contributed by atoms with van der Waals surface area (Å²) in [4.78, 5) is 28.1. The van der Waals surface area contributed by atoms with Gasteiger partial charge in [-0.3, -0.25) is 9.89 Å². The second kappa shape index (κ2) is 9.07. The highest BCUT2D eigenvalue weighted by Crippen LogP contribution is 2.18. The van der Waals surface area contributed by atoms with E-state index in [0.29, 0.717) is 16.4 Å². The number of hydrogen-bond acceptors (Lipinski definition) is 6. The van der Waals surface area contributed by atoms with Crippen molar-refractivity contribution >= 4 is 29.3 Å². The first-order valence-electron chi connectivity index (χ1n) is 7.65. The number of anilines is 1. The molecule has 0 aliphatic heterocycles. The summed E-state index contributed by atoms with van der Waals surface area (Å²) < 4.78 is 4.70. The van der Waals surface area contributed by atoms with Crippen LogP contribution in [0.4, 0.5) is 5.69 Å². The molecule has 0 fully saturated rings. The van der Waals surface area contributed by atoms with E-state index in [1.165, 1.54) is 18.9 Å². The number of methoxy groups -OCH3 is 1. The molecule has 2 N–H and O–H groups in total. The number of aromatic nitrogens is 3. The molecule has 7 nitrogen and oxygen atoms in total. The van der Waals surface area contributed by atoms with E-state index in [1.807, 2.05) is 0 Å². The van der Waals surface area contributed by atoms with Crippen LogP contribution in [-0.4, -0.2) is 39.9 Å². The van der Waals surface area contributed by atoms with E-state index in [-0.39, 0.29) is 11.7 Å². The van der Waals surface area contributed by atoms with Crippen LogP contribution in [0.15, 0.2) is 29.4 Å². The van der Waals surface area contributed by atoms with Crippen molar-refractivity contribution in [1.82, 2.24) is 15.2 Å². The smallest absolute Gasteiger partial charge is 0.339 e. The standard InChI is InChI=1S/C16H20N4O3S/c1-3-4-9-13-18-16(20-19-13)24-10-14(21)17-12-8-6-5-7-11(12)15(22)23-2/h5-8H,3-4,9-10H2,1-2H3,(H,17,21)(H,18,19,20). The summed E-state index contributed by atoms with van der Waals surface area (Å²) in [6.07, 6.45) is 2.98. The Morgan fingerprint density at radius 1 is 1.33 bits per heavy atom. The third-order valence-electron chi connectivity index (χ3n) is 3.22. The van der Waals surface area contributed by atoms with Gasteiger partial charge in [-0.25, -0.2) is 9.78 Å². The van der Waals surface area contributed by atoms with E-state index in [9.17, 15) is 9.59 Å². The van der Waals surface area contributed by atoms with Crippen molar-refractivity contribution in [1.29, 1.82) is 0 Å². The van der Waals surface area contributed by atoms with E-state index in [4.69, 9.17) is 4.74 Å². The molecule has 0 atom stereocenters. The maximum absolute atomic E-state index is 12.1. The van der Waals surface area contributed by atoms with Gasteiger partial charge in [0.15, 0.2) is 0 Å². The predicted molar refractivity (Wildman–Crippen MR) is 92.1 cm³/mol. The Hall–Kier alpha value is -2.35. The first kappa shape index (κ1) is 18.0. The van der Waals surface area contributed by atoms with E-state index >= 15 is 0 Å². The molecule has 0 aliphatic carbocycles. The molecule has 1 aromatic carbocycles. The number of carbonyl (C=O) groups excluding carboxylic acids is 2. The highest BCUT2D eigenvalue weighted by atomic mass is 32.2. The Morgan fingerprint density at radius 3 is 2.88 bits per heavy atom. The minimum atomic E-state index is -0.493. The molecule has 1 amide bonds. The van der Waals surface area contributed by atoms with Crippen molar-refractivity contribution in [2.45, 2.75) is 31.3 Å². The van der Waals surface area contributed by atoms with Gasteiger partial charge in [0.05, 0.1) is 24.1 Å². The number of thioether (sulfide) groups is 1. The third kappa shape index (κ3) is 5.09. The molecule has 0 saturated carbocycles. The van der Waals surface area contributed by atoms with Crippen LogP contribution in [0.5, 0.6) is 0 Å². The number of unbranched alkanes of at least 4 members (excludes halogenated alkanes) is 1. The number of aromatic amines is 1. The monoisotopic (exact) mass is 348 g/mol. The lowest BCUT2D eigenvalue weighted by molar-refractivity contribution is -0.113. The second-order valence-corrected chi connectivity index (χ2v) is 5.98. The summed E-state index contributed by atoms with van der Waals surface area (Å²) in [6, 6.07) is 6.71. The quantitative estimate of drug-likeness (QED) is 0.562. The van der Waals surface area contributed by atoms with Crippen LogP contribution in [0.2, 0.25) is 0 Å². The summed E-state index contributed by atoms with van der Waals surface area (Å²) in [5.41, 5.74) is 0.742. The number of aryl methyl sites for hydroxylation is 1. The molecule has 0 spiro atoms. The molecular weight excluding hydrogens is 328 g/mol. The Kier molecular flexibility index (Phi) is 6.80. The first-order valence-corrected chi connectivity index (χ1v) is 8.64. The van der Waals surface area contributed by atoms with E-state index in [2.05, 4.69) is 27.4 Å². The number of H-pyrrole nitrogens is 1. The largest absolute Gasteiger partial charge is 0.465 e. The van der Waals surface area contributed by atoms with E-state index < -0.39 is 5.97 Å². The molecule has 2 aromatic rings. The number of amides is 1. The zero-order valence-electron chi connectivity index (χ0n) is 13.7. The van der Waals surface area contributed by atoms with Crippen LogP contribution in [0.3, 0.4) is 0 Å². The van der Waals surface area contributed by atoms with Gasteiger partial charge in [-0.15, -0.1) is 5.10 Å². The van der Waals surface area contributed by atoms with Crippen molar-refractivity contribution < 1.29 is 14.3 Å². The highest BCUT2D eigenvalue weighted by Gasteiger charge is 2.14. The first-order chi connectivity index (χ1) is 11.6. The number of ether oxygens (including phenoxy) is 1. The van der Waals surface area contributed by atoms with E-state index in [0.717, 1.165) is 25.1 Å². The van der Waals surface area contributed by atoms with Crippen LogP contribution in [0, 0.1) is 0 Å². The Labute approximate surface area is 144 Å². The summed E-state index contributed by atoms with van der Waals surface area (Å²) in [7, 11) is 1.30. The Balaban J connectivity index is 1.90. The molecular formula is C16H20N4O3S. The topological polar surface area (TPSA) is 97.0 Å². The number of nitrogens with zero attached hydrogens (tertiary/aromatic N) is 2. The lowest BCUT2D eigenvalue weighted by Crippen LogP contribution is -2.17. The molecule has 2 rings (SSSR count). The minimum Gasteiger partial charge on any atom is -0.465 e. The second-order valence-electron chi connectivity index (χ2n) is 5.04. The van der Waals surface area contributed by atoms with Gasteiger partial charge in [-0.2, -0.15) is 0 Å². The van der Waals surface area contributed by atoms with Crippen LogP contribution in [0.25, 0.3) is 0 Å². The Bertz CT molecular complexity index is 702. The highest BCUT2D eigenvalue weighted by molar-refractivity contribution is 7.99. The fourth-order valence-corrected chi connectivity index (χ4v) is 2.61. The molecule has 8 heteroatoms. The molecule has 0 bridgehead atoms. The lowest BCUT2D eigenvalue weighted by atomic mass is 10.2. The molecule has 1 heterocycles. The molecule has 24 heavy (non-hydrogen) atoms. The fraction of sp³-hybridized carbons (Fsp3) is 0.375. The average molecular weight is 348 g/mol. The molecule has 0 saturated heterocycles. The van der Waals surface area contributed by atoms with E-state index in [1.54, 1.807) is 24.3 Å². The summed E-state index contributed by atoms with van der Waals surface area (Å²) in [5.74, 6) is 0.251. The SMILES string of the molecule is CCCCc1nc(SCC(=O)Nc2ccccc2C(=O)OC)n[nH]1. The summed E-state index contributed by atoms with van der Waals surface area (Å²) in [5, 5.41) is 10.2. The molecule has 128 valence electrons. The Morgan fingerprint density at radius 2 is 2.12 bits per heavy atom. The van der Waals surface area contributed by atoms with Crippen LogP contribution >= 0.6 is 11.8 Å². The molecule has 1 aromatic heterocycles. The zero-order chi connectivity index (χ0) is 17.4. The number of carbonyl (C=O) groups is 2. The molecule has 0 unspecified atom stereocenters. The maximum Gasteiger partial charge on any atom is 0.339 e. The van der Waals surface area contributed by atoms with Crippen molar-refractivity contribution in [2.24, 2.45) is 0 Å². The van der Waals surface area contributed by atoms with Gasteiger partial charge in [0.25, 0.3) is 0 Å². The normalized spacial score (nSPS) is 10.4. The van der Waals surface area contributed by atoms with Crippen LogP contribution in [0.1, 0.15) is 35.9 Å². The number of hydrogen-bond donors (Lipinski definition) is 2. The maximum atomic E-state index is 12.1. The van der Waals surface area contributed by atoms with Gasteiger partial charge >= 0.3 is 5.97 Å². The van der Waals surface area contributed by atoms with Gasteiger partial charge in [-0.1, -0.05) is 37.2 Å². The molecule has 0 radical (unpaired) electrons. The van der Waals surface area contributed by atoms with Gasteiger partial charge < -0.3 is 10.1 Å². The lowest BCUT2D eigenvalue weighted by Gasteiger charge is -2.08. The van der Waals surface area contributed by atoms with Crippen LogP contribution in [-0.2, 0) is 16.0 Å². The minimum absolute atomic E-state index is 0.153. The number of para-hydroxylation sites is 1. The number of esters is 1. The van der Waals surface area contributed by atoms with Gasteiger partial charge in [0, 0.05) is 6.42 Å². The number of rotatable bonds is 8. The van der Waals surface area contributed by atoms with Gasteiger partial charge in [-0.05, 0) is 18.6 Å². The zero-order valence-corrected chi connectivity index (χ0v) is 14.5.